The summed E-state index contributed by atoms with van der Waals surface area (Å²) >= 11 is 0. The van der Waals surface area contributed by atoms with Gasteiger partial charge in [-0.05, 0) is 37.6 Å². The van der Waals surface area contributed by atoms with Gasteiger partial charge in [0.25, 0.3) is 5.91 Å². The zero-order chi connectivity index (χ0) is 13.8. The summed E-state index contributed by atoms with van der Waals surface area (Å²) in [6.45, 7) is 3.82. The predicted octanol–water partition coefficient (Wildman–Crippen LogP) is 1.86. The Balaban J connectivity index is 2.08. The van der Waals surface area contributed by atoms with Crippen molar-refractivity contribution in [3.63, 3.8) is 0 Å². The molecule has 98 valence electrons. The van der Waals surface area contributed by atoms with Gasteiger partial charge in [-0.25, -0.2) is 4.98 Å². The normalized spacial score (nSPS) is 11.9. The molecule has 2 rings (SSSR count). The quantitative estimate of drug-likeness (QED) is 0.878. The smallest absolute Gasteiger partial charge is 0.270 e. The van der Waals surface area contributed by atoms with Crippen molar-refractivity contribution in [2.75, 3.05) is 5.73 Å². The zero-order valence-electron chi connectivity index (χ0n) is 10.9. The summed E-state index contributed by atoms with van der Waals surface area (Å²) in [7, 11) is 0. The summed E-state index contributed by atoms with van der Waals surface area (Å²) in [6, 6.07) is 8.70. The number of rotatable bonds is 3. The molecule has 2 aromatic heterocycles. The van der Waals surface area contributed by atoms with Crippen molar-refractivity contribution in [2.45, 2.75) is 19.9 Å². The van der Waals surface area contributed by atoms with Gasteiger partial charge >= 0.3 is 0 Å². The van der Waals surface area contributed by atoms with Crippen LogP contribution in [0.5, 0.6) is 0 Å². The van der Waals surface area contributed by atoms with Gasteiger partial charge in [0.15, 0.2) is 0 Å². The van der Waals surface area contributed by atoms with Crippen LogP contribution in [0.3, 0.4) is 0 Å². The maximum absolute atomic E-state index is 12.0. The minimum Gasteiger partial charge on any atom is -0.384 e. The van der Waals surface area contributed by atoms with E-state index >= 15 is 0 Å². The van der Waals surface area contributed by atoms with E-state index in [-0.39, 0.29) is 11.9 Å². The number of hydrogen-bond donors (Lipinski definition) is 2. The van der Waals surface area contributed by atoms with Crippen LogP contribution in [0.1, 0.15) is 34.7 Å². The Bertz CT molecular complexity index is 580. The average molecular weight is 256 g/mol. The van der Waals surface area contributed by atoms with Crippen molar-refractivity contribution >= 4 is 11.7 Å². The van der Waals surface area contributed by atoms with E-state index in [4.69, 9.17) is 5.73 Å². The topological polar surface area (TPSA) is 80.9 Å². The summed E-state index contributed by atoms with van der Waals surface area (Å²) in [5.74, 6) is 0.0812. The van der Waals surface area contributed by atoms with E-state index in [0.717, 1.165) is 11.3 Å². The molecule has 0 aromatic carbocycles. The lowest BCUT2D eigenvalue weighted by molar-refractivity contribution is 0.0935. The second kappa shape index (κ2) is 5.48. The molecule has 5 heteroatoms. The van der Waals surface area contributed by atoms with Crippen LogP contribution in [0.2, 0.25) is 0 Å². The number of nitrogens with two attached hydrogens (primary N) is 1. The highest BCUT2D eigenvalue weighted by atomic mass is 16.1. The van der Waals surface area contributed by atoms with Crippen LogP contribution in [-0.2, 0) is 0 Å². The SMILES string of the molecule is Cc1ccc(C(C)NC(=O)c2cccc(N)n2)cn1. The Morgan fingerprint density at radius 1 is 1.32 bits per heavy atom. The second-order valence-electron chi connectivity index (χ2n) is 4.38. The van der Waals surface area contributed by atoms with Gasteiger partial charge in [-0.2, -0.15) is 0 Å². The van der Waals surface area contributed by atoms with Crippen LogP contribution in [0, 0.1) is 6.92 Å². The van der Waals surface area contributed by atoms with E-state index in [2.05, 4.69) is 15.3 Å². The van der Waals surface area contributed by atoms with Crippen LogP contribution in [-0.4, -0.2) is 15.9 Å². The van der Waals surface area contributed by atoms with E-state index in [1.54, 1.807) is 24.4 Å². The van der Waals surface area contributed by atoms with Crippen molar-refractivity contribution in [3.8, 4) is 0 Å². The van der Waals surface area contributed by atoms with Gasteiger partial charge in [-0.1, -0.05) is 12.1 Å². The van der Waals surface area contributed by atoms with Gasteiger partial charge < -0.3 is 11.1 Å². The minimum atomic E-state index is -0.250. The van der Waals surface area contributed by atoms with E-state index in [1.165, 1.54) is 0 Å². The Hall–Kier alpha value is -2.43. The predicted molar refractivity (Wildman–Crippen MR) is 73.5 cm³/mol. The van der Waals surface area contributed by atoms with Crippen LogP contribution >= 0.6 is 0 Å². The molecule has 0 aliphatic carbocycles. The Labute approximate surface area is 111 Å². The fourth-order valence-corrected chi connectivity index (χ4v) is 1.67. The molecule has 1 atom stereocenters. The van der Waals surface area contributed by atoms with Gasteiger partial charge in [0.1, 0.15) is 11.5 Å². The maximum Gasteiger partial charge on any atom is 0.270 e. The van der Waals surface area contributed by atoms with Crippen LogP contribution in [0.25, 0.3) is 0 Å². The number of hydrogen-bond acceptors (Lipinski definition) is 4. The number of amides is 1. The van der Waals surface area contributed by atoms with Crippen molar-refractivity contribution in [3.05, 3.63) is 53.5 Å². The highest BCUT2D eigenvalue weighted by Crippen LogP contribution is 2.12. The molecule has 19 heavy (non-hydrogen) atoms. The van der Waals surface area contributed by atoms with Gasteiger partial charge in [-0.3, -0.25) is 9.78 Å². The first kappa shape index (κ1) is 13.0. The third-order valence-corrected chi connectivity index (χ3v) is 2.79. The molecule has 5 nitrogen and oxygen atoms in total. The highest BCUT2D eigenvalue weighted by molar-refractivity contribution is 5.92. The maximum atomic E-state index is 12.0. The minimum absolute atomic E-state index is 0.135. The number of aromatic nitrogens is 2. The molecule has 0 spiro atoms. The molecule has 0 fully saturated rings. The monoisotopic (exact) mass is 256 g/mol. The van der Waals surface area contributed by atoms with Gasteiger partial charge in [-0.15, -0.1) is 0 Å². The van der Waals surface area contributed by atoms with Crippen molar-refractivity contribution < 1.29 is 4.79 Å². The summed E-state index contributed by atoms with van der Waals surface area (Å²) in [4.78, 5) is 20.2. The number of aryl methyl sites for hydroxylation is 1. The molecule has 0 radical (unpaired) electrons. The molecule has 2 aromatic rings. The molecule has 0 saturated carbocycles. The van der Waals surface area contributed by atoms with E-state index in [1.807, 2.05) is 26.0 Å². The molecule has 0 aliphatic rings. The molecule has 0 bridgehead atoms. The number of pyridine rings is 2. The van der Waals surface area contributed by atoms with Gasteiger partial charge in [0, 0.05) is 11.9 Å². The Morgan fingerprint density at radius 3 is 2.74 bits per heavy atom. The van der Waals surface area contributed by atoms with Crippen LogP contribution in [0.4, 0.5) is 5.82 Å². The first-order valence-corrected chi connectivity index (χ1v) is 6.02. The fraction of sp³-hybridized carbons (Fsp3) is 0.214. The van der Waals surface area contributed by atoms with E-state index < -0.39 is 0 Å². The summed E-state index contributed by atoms with van der Waals surface area (Å²) in [5, 5.41) is 2.86. The fourth-order valence-electron chi connectivity index (χ4n) is 1.67. The third-order valence-electron chi connectivity index (χ3n) is 2.79. The summed E-state index contributed by atoms with van der Waals surface area (Å²) in [6.07, 6.45) is 1.76. The lowest BCUT2D eigenvalue weighted by Crippen LogP contribution is -2.27. The van der Waals surface area contributed by atoms with Crippen LogP contribution in [0.15, 0.2) is 36.5 Å². The molecule has 0 saturated heterocycles. The number of nitrogens with one attached hydrogen (secondary N) is 1. The lowest BCUT2D eigenvalue weighted by Gasteiger charge is -2.13. The standard InChI is InChI=1S/C14H16N4O/c1-9-6-7-11(8-16-9)10(2)17-14(19)12-4-3-5-13(15)18-12/h3-8,10H,1-2H3,(H2,15,18)(H,17,19). The molecule has 2 heterocycles. The van der Waals surface area contributed by atoms with Crippen molar-refractivity contribution in [1.82, 2.24) is 15.3 Å². The second-order valence-corrected chi connectivity index (χ2v) is 4.38. The molecular formula is C14H16N4O. The Kier molecular flexibility index (Phi) is 3.75. The number of anilines is 1. The van der Waals surface area contributed by atoms with E-state index in [9.17, 15) is 4.79 Å². The zero-order valence-corrected chi connectivity index (χ0v) is 10.9. The van der Waals surface area contributed by atoms with Crippen molar-refractivity contribution in [1.29, 1.82) is 0 Å². The van der Waals surface area contributed by atoms with E-state index in [0.29, 0.717) is 11.5 Å². The summed E-state index contributed by atoms with van der Waals surface area (Å²) < 4.78 is 0. The third kappa shape index (κ3) is 3.28. The molecule has 3 N–H and O–H groups in total. The molecule has 1 amide bonds. The molecular weight excluding hydrogens is 240 g/mol. The largest absolute Gasteiger partial charge is 0.384 e. The van der Waals surface area contributed by atoms with Gasteiger partial charge in [0.2, 0.25) is 0 Å². The first-order chi connectivity index (χ1) is 9.06. The molecule has 0 aliphatic heterocycles. The number of nitrogen functional groups attached to an aromatic ring is 1. The Morgan fingerprint density at radius 2 is 2.11 bits per heavy atom. The van der Waals surface area contributed by atoms with Crippen molar-refractivity contribution in [2.24, 2.45) is 0 Å². The number of nitrogens with zero attached hydrogens (tertiary/aromatic N) is 2. The van der Waals surface area contributed by atoms with Gasteiger partial charge in [0.05, 0.1) is 6.04 Å². The molecule has 1 unspecified atom stereocenters. The highest BCUT2D eigenvalue weighted by Gasteiger charge is 2.12. The lowest BCUT2D eigenvalue weighted by atomic mass is 10.1. The van der Waals surface area contributed by atoms with Crippen LogP contribution < -0.4 is 11.1 Å². The number of carbonyl (C=O) groups excluding carboxylic acids is 1. The average Bonchev–Trinajstić information content (AvgIpc) is 2.39. The number of carbonyl (C=O) groups is 1. The summed E-state index contributed by atoms with van der Waals surface area (Å²) in [5.41, 5.74) is 7.76. The first-order valence-electron chi connectivity index (χ1n) is 6.02.